The van der Waals surface area contributed by atoms with E-state index in [0.29, 0.717) is 4.88 Å². The standard InChI is InChI=1S/C15H17NO5S/c1-8-10-6-9(20-2)4-5-12(10)22-13(8)14(17)16-7-11(21-3)15(18)19/h4-6,11H,7H2,1-3H3,(H,16,17)(H,18,19). The number of fused-ring (bicyclic) bond motifs is 1. The van der Waals surface area contributed by atoms with E-state index in [1.165, 1.54) is 18.4 Å². The molecule has 1 atom stereocenters. The highest BCUT2D eigenvalue weighted by atomic mass is 32.1. The third-order valence-electron chi connectivity index (χ3n) is 3.36. The van der Waals surface area contributed by atoms with Crippen molar-refractivity contribution >= 4 is 33.3 Å². The summed E-state index contributed by atoms with van der Waals surface area (Å²) in [4.78, 5) is 23.7. The Bertz CT molecular complexity index is 709. The van der Waals surface area contributed by atoms with E-state index in [4.69, 9.17) is 14.6 Å². The summed E-state index contributed by atoms with van der Waals surface area (Å²) in [6.07, 6.45) is -1.06. The van der Waals surface area contributed by atoms with Crippen molar-refractivity contribution in [1.29, 1.82) is 0 Å². The molecular formula is C15H17NO5S. The van der Waals surface area contributed by atoms with Crippen LogP contribution in [0.1, 0.15) is 15.2 Å². The van der Waals surface area contributed by atoms with Gasteiger partial charge in [0.05, 0.1) is 18.5 Å². The largest absolute Gasteiger partial charge is 0.497 e. The summed E-state index contributed by atoms with van der Waals surface area (Å²) in [7, 11) is 2.88. The normalized spacial score (nSPS) is 12.1. The molecule has 6 nitrogen and oxygen atoms in total. The fraction of sp³-hybridized carbons (Fsp3) is 0.333. The van der Waals surface area contributed by atoms with Crippen LogP contribution < -0.4 is 10.1 Å². The zero-order valence-electron chi connectivity index (χ0n) is 12.5. The van der Waals surface area contributed by atoms with Crippen LogP contribution in [0.4, 0.5) is 0 Å². The maximum Gasteiger partial charge on any atom is 0.334 e. The highest BCUT2D eigenvalue weighted by Gasteiger charge is 2.20. The van der Waals surface area contributed by atoms with Gasteiger partial charge in [0.15, 0.2) is 6.10 Å². The van der Waals surface area contributed by atoms with Gasteiger partial charge in [0.2, 0.25) is 0 Å². The number of hydrogen-bond donors (Lipinski definition) is 2. The lowest BCUT2D eigenvalue weighted by atomic mass is 10.1. The first-order chi connectivity index (χ1) is 10.5. The molecule has 0 saturated carbocycles. The number of carbonyl (C=O) groups is 2. The molecule has 0 radical (unpaired) electrons. The Balaban J connectivity index is 2.21. The molecule has 2 rings (SSSR count). The molecule has 1 unspecified atom stereocenters. The summed E-state index contributed by atoms with van der Waals surface area (Å²) < 4.78 is 11.0. The van der Waals surface area contributed by atoms with Gasteiger partial charge in [0.1, 0.15) is 5.75 Å². The maximum atomic E-state index is 12.3. The second-order valence-electron chi connectivity index (χ2n) is 4.69. The third kappa shape index (κ3) is 3.20. The summed E-state index contributed by atoms with van der Waals surface area (Å²) in [6.45, 7) is 1.78. The van der Waals surface area contributed by atoms with E-state index in [0.717, 1.165) is 21.4 Å². The Morgan fingerprint density at radius 2 is 2.09 bits per heavy atom. The summed E-state index contributed by atoms with van der Waals surface area (Å²) in [5, 5.41) is 12.4. The molecule has 1 heterocycles. The molecule has 1 amide bonds. The van der Waals surface area contributed by atoms with Crippen molar-refractivity contribution in [1.82, 2.24) is 5.32 Å². The van der Waals surface area contributed by atoms with Gasteiger partial charge >= 0.3 is 5.97 Å². The Hall–Kier alpha value is -2.12. The number of carbonyl (C=O) groups excluding carboxylic acids is 1. The van der Waals surface area contributed by atoms with Crippen molar-refractivity contribution in [3.8, 4) is 5.75 Å². The van der Waals surface area contributed by atoms with Crippen LogP contribution in [0.5, 0.6) is 5.75 Å². The van der Waals surface area contributed by atoms with Crippen molar-refractivity contribution < 1.29 is 24.2 Å². The van der Waals surface area contributed by atoms with Crippen molar-refractivity contribution in [3.63, 3.8) is 0 Å². The van der Waals surface area contributed by atoms with Gasteiger partial charge in [0, 0.05) is 11.8 Å². The van der Waals surface area contributed by atoms with E-state index < -0.39 is 12.1 Å². The minimum atomic E-state index is -1.11. The molecule has 22 heavy (non-hydrogen) atoms. The molecule has 118 valence electrons. The van der Waals surface area contributed by atoms with Crippen molar-refractivity contribution in [3.05, 3.63) is 28.6 Å². The van der Waals surface area contributed by atoms with E-state index in [1.807, 2.05) is 25.1 Å². The smallest absolute Gasteiger partial charge is 0.334 e. The first kappa shape index (κ1) is 16.3. The zero-order valence-corrected chi connectivity index (χ0v) is 13.3. The zero-order chi connectivity index (χ0) is 16.3. The summed E-state index contributed by atoms with van der Waals surface area (Å²) in [5.74, 6) is -0.688. The van der Waals surface area contributed by atoms with Crippen LogP contribution in [0.25, 0.3) is 10.1 Å². The first-order valence-corrected chi connectivity index (χ1v) is 7.40. The minimum Gasteiger partial charge on any atom is -0.497 e. The highest BCUT2D eigenvalue weighted by Crippen LogP contribution is 2.33. The van der Waals surface area contributed by atoms with Crippen LogP contribution in [0.2, 0.25) is 0 Å². The fourth-order valence-electron chi connectivity index (χ4n) is 2.08. The van der Waals surface area contributed by atoms with Crippen LogP contribution >= 0.6 is 11.3 Å². The predicted molar refractivity (Wildman–Crippen MR) is 83.9 cm³/mol. The lowest BCUT2D eigenvalue weighted by Crippen LogP contribution is -2.37. The number of amides is 1. The molecule has 1 aromatic carbocycles. The van der Waals surface area contributed by atoms with Gasteiger partial charge < -0.3 is 19.9 Å². The number of nitrogens with one attached hydrogen (secondary N) is 1. The quantitative estimate of drug-likeness (QED) is 0.850. The van der Waals surface area contributed by atoms with Gasteiger partial charge in [-0.3, -0.25) is 4.79 Å². The van der Waals surface area contributed by atoms with Crippen molar-refractivity contribution in [2.24, 2.45) is 0 Å². The Kier molecular flexibility index (Phi) is 4.99. The topological polar surface area (TPSA) is 84.9 Å². The van der Waals surface area contributed by atoms with Gasteiger partial charge in [-0.2, -0.15) is 0 Å². The summed E-state index contributed by atoms with van der Waals surface area (Å²) in [6, 6.07) is 5.62. The van der Waals surface area contributed by atoms with E-state index in [1.54, 1.807) is 7.11 Å². The number of carboxylic acids is 1. The molecular weight excluding hydrogens is 306 g/mol. The number of ether oxygens (including phenoxy) is 2. The first-order valence-electron chi connectivity index (χ1n) is 6.58. The number of aryl methyl sites for hydroxylation is 1. The van der Waals surface area contributed by atoms with Gasteiger partial charge in [-0.25, -0.2) is 4.79 Å². The van der Waals surface area contributed by atoms with Crippen LogP contribution in [0.15, 0.2) is 18.2 Å². The molecule has 0 bridgehead atoms. The molecule has 0 aliphatic carbocycles. The fourth-order valence-corrected chi connectivity index (χ4v) is 3.19. The van der Waals surface area contributed by atoms with Gasteiger partial charge in [-0.05, 0) is 36.1 Å². The van der Waals surface area contributed by atoms with Crippen molar-refractivity contribution in [2.45, 2.75) is 13.0 Å². The molecule has 0 aliphatic heterocycles. The highest BCUT2D eigenvalue weighted by molar-refractivity contribution is 7.21. The molecule has 0 spiro atoms. The molecule has 2 N–H and O–H groups in total. The van der Waals surface area contributed by atoms with Gasteiger partial charge in [0.25, 0.3) is 5.91 Å². The molecule has 1 aromatic heterocycles. The van der Waals surface area contributed by atoms with Crippen LogP contribution in [0, 0.1) is 6.92 Å². The minimum absolute atomic E-state index is 0.0817. The number of hydrogen-bond acceptors (Lipinski definition) is 5. The summed E-state index contributed by atoms with van der Waals surface area (Å²) in [5.41, 5.74) is 0.848. The number of aliphatic carboxylic acids is 1. The average molecular weight is 323 g/mol. The second kappa shape index (κ2) is 6.76. The lowest BCUT2D eigenvalue weighted by molar-refractivity contribution is -0.148. The number of benzene rings is 1. The summed E-state index contributed by atoms with van der Waals surface area (Å²) >= 11 is 1.36. The Morgan fingerprint density at radius 1 is 1.36 bits per heavy atom. The Labute approximate surface area is 131 Å². The second-order valence-corrected chi connectivity index (χ2v) is 5.74. The average Bonchev–Trinajstić information content (AvgIpc) is 2.84. The molecule has 0 fully saturated rings. The van der Waals surface area contributed by atoms with Crippen LogP contribution in [-0.2, 0) is 9.53 Å². The SMILES string of the molecule is COc1ccc2sc(C(=O)NCC(OC)C(=O)O)c(C)c2c1. The third-order valence-corrected chi connectivity index (χ3v) is 4.63. The number of carboxylic acid groups (broad SMARTS) is 1. The molecule has 2 aromatic rings. The van der Waals surface area contributed by atoms with Gasteiger partial charge in [-0.15, -0.1) is 11.3 Å². The van der Waals surface area contributed by atoms with Crippen molar-refractivity contribution in [2.75, 3.05) is 20.8 Å². The van der Waals surface area contributed by atoms with Crippen LogP contribution in [0.3, 0.4) is 0 Å². The van der Waals surface area contributed by atoms with E-state index in [9.17, 15) is 9.59 Å². The van der Waals surface area contributed by atoms with E-state index in [2.05, 4.69) is 5.32 Å². The lowest BCUT2D eigenvalue weighted by Gasteiger charge is -2.11. The predicted octanol–water partition coefficient (Wildman–Crippen LogP) is 2.05. The Morgan fingerprint density at radius 3 is 2.68 bits per heavy atom. The van der Waals surface area contributed by atoms with E-state index >= 15 is 0 Å². The molecule has 0 saturated heterocycles. The maximum absolute atomic E-state index is 12.3. The van der Waals surface area contributed by atoms with Gasteiger partial charge in [-0.1, -0.05) is 0 Å². The van der Waals surface area contributed by atoms with E-state index in [-0.39, 0.29) is 12.5 Å². The molecule has 7 heteroatoms. The number of methoxy groups -OCH3 is 2. The number of rotatable bonds is 6. The van der Waals surface area contributed by atoms with Crippen LogP contribution in [-0.4, -0.2) is 43.9 Å². The number of thiophene rings is 1. The monoisotopic (exact) mass is 323 g/mol. The molecule has 0 aliphatic rings.